The van der Waals surface area contributed by atoms with Gasteiger partial charge in [-0.1, -0.05) is 6.07 Å². The first-order chi connectivity index (χ1) is 10.1. The predicted octanol–water partition coefficient (Wildman–Crippen LogP) is 1.32. The van der Waals surface area contributed by atoms with Gasteiger partial charge < -0.3 is 15.1 Å². The molecule has 0 atom stereocenters. The number of aliphatic hydroxyl groups is 1. The molecule has 112 valence electrons. The summed E-state index contributed by atoms with van der Waals surface area (Å²) >= 11 is 0. The average Bonchev–Trinajstić information content (AvgIpc) is 2.90. The summed E-state index contributed by atoms with van der Waals surface area (Å²) in [6.07, 6.45) is 1.62. The van der Waals surface area contributed by atoms with E-state index in [2.05, 4.69) is 0 Å². The Labute approximate surface area is 122 Å². The Morgan fingerprint density at radius 2 is 1.86 bits per heavy atom. The number of benzene rings is 1. The fourth-order valence-corrected chi connectivity index (χ4v) is 2.94. The van der Waals surface area contributed by atoms with E-state index in [-0.39, 0.29) is 17.7 Å². The SMILES string of the molecule is O=C(O)c1ccc2c(c1)N(C(=O)N1CCC(O)CC1)CC2. The zero-order valence-electron chi connectivity index (χ0n) is 11.7. The molecule has 6 nitrogen and oxygen atoms in total. The van der Waals surface area contributed by atoms with Crippen molar-refractivity contribution in [3.8, 4) is 0 Å². The lowest BCUT2D eigenvalue weighted by atomic mass is 10.1. The molecular weight excluding hydrogens is 272 g/mol. The number of nitrogens with zero attached hydrogens (tertiary/aromatic N) is 2. The minimum atomic E-state index is -0.988. The molecule has 1 fully saturated rings. The van der Waals surface area contributed by atoms with Crippen molar-refractivity contribution in [1.82, 2.24) is 4.90 Å². The molecule has 0 aliphatic carbocycles. The fraction of sp³-hybridized carbons (Fsp3) is 0.467. The summed E-state index contributed by atoms with van der Waals surface area (Å²) < 4.78 is 0. The number of aromatic carboxylic acids is 1. The van der Waals surface area contributed by atoms with Crippen LogP contribution in [0.2, 0.25) is 0 Å². The zero-order chi connectivity index (χ0) is 15.0. The van der Waals surface area contributed by atoms with E-state index in [0.29, 0.717) is 38.2 Å². The summed E-state index contributed by atoms with van der Waals surface area (Å²) in [6.45, 7) is 1.67. The summed E-state index contributed by atoms with van der Waals surface area (Å²) in [5.74, 6) is -0.988. The van der Waals surface area contributed by atoms with Gasteiger partial charge in [0.25, 0.3) is 0 Å². The molecule has 2 aliphatic heterocycles. The van der Waals surface area contributed by atoms with E-state index in [0.717, 1.165) is 12.0 Å². The van der Waals surface area contributed by atoms with Gasteiger partial charge in [-0.05, 0) is 37.0 Å². The molecule has 1 aromatic rings. The van der Waals surface area contributed by atoms with Gasteiger partial charge in [0, 0.05) is 25.3 Å². The van der Waals surface area contributed by atoms with Crippen molar-refractivity contribution in [3.63, 3.8) is 0 Å². The molecule has 21 heavy (non-hydrogen) atoms. The minimum absolute atomic E-state index is 0.0943. The number of hydrogen-bond acceptors (Lipinski definition) is 3. The van der Waals surface area contributed by atoms with E-state index in [9.17, 15) is 14.7 Å². The molecule has 0 spiro atoms. The van der Waals surface area contributed by atoms with Crippen molar-refractivity contribution in [2.45, 2.75) is 25.4 Å². The highest BCUT2D eigenvalue weighted by atomic mass is 16.4. The standard InChI is InChI=1S/C15H18N2O4/c18-12-4-6-16(7-5-12)15(21)17-8-3-10-1-2-11(14(19)20)9-13(10)17/h1-2,9,12,18H,3-8H2,(H,19,20). The number of fused-ring (bicyclic) bond motifs is 1. The van der Waals surface area contributed by atoms with Gasteiger partial charge in [0.05, 0.1) is 11.7 Å². The number of likely N-dealkylation sites (tertiary alicyclic amines) is 1. The molecule has 0 aromatic heterocycles. The van der Waals surface area contributed by atoms with E-state index in [1.807, 2.05) is 0 Å². The van der Waals surface area contributed by atoms with Crippen LogP contribution in [-0.4, -0.2) is 52.9 Å². The lowest BCUT2D eigenvalue weighted by Gasteiger charge is -2.33. The lowest BCUT2D eigenvalue weighted by Crippen LogP contribution is -2.47. The molecule has 2 aliphatic rings. The molecule has 2 N–H and O–H groups in total. The smallest absolute Gasteiger partial charge is 0.335 e. The molecule has 0 bridgehead atoms. The Hall–Kier alpha value is -2.08. The van der Waals surface area contributed by atoms with Crippen LogP contribution in [0.4, 0.5) is 10.5 Å². The van der Waals surface area contributed by atoms with Gasteiger partial charge in [-0.15, -0.1) is 0 Å². The van der Waals surface area contributed by atoms with Crippen molar-refractivity contribution in [1.29, 1.82) is 0 Å². The van der Waals surface area contributed by atoms with E-state index < -0.39 is 5.97 Å². The molecule has 0 saturated carbocycles. The predicted molar refractivity (Wildman–Crippen MR) is 76.7 cm³/mol. The number of anilines is 1. The number of amides is 2. The van der Waals surface area contributed by atoms with Gasteiger partial charge >= 0.3 is 12.0 Å². The maximum atomic E-state index is 12.6. The Morgan fingerprint density at radius 3 is 2.52 bits per heavy atom. The second kappa shape index (κ2) is 5.37. The Kier molecular flexibility index (Phi) is 3.55. The first-order valence-electron chi connectivity index (χ1n) is 7.17. The number of carboxylic acid groups (broad SMARTS) is 1. The largest absolute Gasteiger partial charge is 0.478 e. The number of rotatable bonds is 1. The number of piperidine rings is 1. The quantitative estimate of drug-likeness (QED) is 0.817. The number of aliphatic hydroxyl groups excluding tert-OH is 1. The molecule has 2 amide bonds. The second-order valence-corrected chi connectivity index (χ2v) is 5.55. The molecule has 3 rings (SSSR count). The summed E-state index contributed by atoms with van der Waals surface area (Å²) in [5.41, 5.74) is 1.90. The highest BCUT2D eigenvalue weighted by molar-refractivity contribution is 5.97. The van der Waals surface area contributed by atoms with Crippen LogP contribution in [0.5, 0.6) is 0 Å². The molecular formula is C15H18N2O4. The van der Waals surface area contributed by atoms with Crippen molar-refractivity contribution in [2.75, 3.05) is 24.5 Å². The van der Waals surface area contributed by atoms with Crippen molar-refractivity contribution in [2.24, 2.45) is 0 Å². The van der Waals surface area contributed by atoms with E-state index in [4.69, 9.17) is 5.11 Å². The van der Waals surface area contributed by atoms with Gasteiger partial charge in [-0.2, -0.15) is 0 Å². The van der Waals surface area contributed by atoms with Crippen molar-refractivity contribution in [3.05, 3.63) is 29.3 Å². The number of carboxylic acids is 1. The number of carbonyl (C=O) groups excluding carboxylic acids is 1. The normalized spacial score (nSPS) is 18.7. The summed E-state index contributed by atoms with van der Waals surface area (Å²) in [7, 11) is 0. The summed E-state index contributed by atoms with van der Waals surface area (Å²) in [6, 6.07) is 4.84. The van der Waals surface area contributed by atoms with E-state index in [1.165, 1.54) is 0 Å². The first kappa shape index (κ1) is 13.9. The minimum Gasteiger partial charge on any atom is -0.478 e. The van der Waals surface area contributed by atoms with Crippen LogP contribution < -0.4 is 4.90 Å². The van der Waals surface area contributed by atoms with Crippen LogP contribution in [0, 0.1) is 0 Å². The van der Waals surface area contributed by atoms with Gasteiger partial charge in [0.2, 0.25) is 0 Å². The van der Waals surface area contributed by atoms with Crippen molar-refractivity contribution >= 4 is 17.7 Å². The lowest BCUT2D eigenvalue weighted by molar-refractivity contribution is 0.0696. The third-order valence-electron chi connectivity index (χ3n) is 4.19. The van der Waals surface area contributed by atoms with Crippen LogP contribution in [0.15, 0.2) is 18.2 Å². The van der Waals surface area contributed by atoms with Gasteiger partial charge in [0.15, 0.2) is 0 Å². The van der Waals surface area contributed by atoms with Crippen LogP contribution >= 0.6 is 0 Å². The highest BCUT2D eigenvalue weighted by Gasteiger charge is 2.30. The van der Waals surface area contributed by atoms with Gasteiger partial charge in [0.1, 0.15) is 0 Å². The molecule has 0 unspecified atom stereocenters. The number of carbonyl (C=O) groups is 2. The van der Waals surface area contributed by atoms with E-state index in [1.54, 1.807) is 28.0 Å². The number of urea groups is 1. The maximum Gasteiger partial charge on any atom is 0.335 e. The molecule has 1 aromatic carbocycles. The highest BCUT2D eigenvalue weighted by Crippen LogP contribution is 2.30. The fourth-order valence-electron chi connectivity index (χ4n) is 2.94. The second-order valence-electron chi connectivity index (χ2n) is 5.55. The van der Waals surface area contributed by atoms with Gasteiger partial charge in [-0.25, -0.2) is 9.59 Å². The van der Waals surface area contributed by atoms with Crippen LogP contribution in [0.25, 0.3) is 0 Å². The van der Waals surface area contributed by atoms with Crippen LogP contribution in [0.3, 0.4) is 0 Å². The average molecular weight is 290 g/mol. The third kappa shape index (κ3) is 2.58. The molecule has 2 heterocycles. The Bertz CT molecular complexity index is 579. The molecule has 1 saturated heterocycles. The van der Waals surface area contributed by atoms with Gasteiger partial charge in [-0.3, -0.25) is 4.90 Å². The number of hydrogen-bond donors (Lipinski definition) is 2. The molecule has 0 radical (unpaired) electrons. The van der Waals surface area contributed by atoms with Crippen LogP contribution in [-0.2, 0) is 6.42 Å². The van der Waals surface area contributed by atoms with E-state index >= 15 is 0 Å². The summed E-state index contributed by atoms with van der Waals surface area (Å²) in [5, 5.41) is 18.6. The van der Waals surface area contributed by atoms with Crippen molar-refractivity contribution < 1.29 is 19.8 Å². The monoisotopic (exact) mass is 290 g/mol. The third-order valence-corrected chi connectivity index (χ3v) is 4.19. The zero-order valence-corrected chi connectivity index (χ0v) is 11.7. The Balaban J connectivity index is 1.81. The molecule has 6 heteroatoms. The Morgan fingerprint density at radius 1 is 1.14 bits per heavy atom. The first-order valence-corrected chi connectivity index (χ1v) is 7.17. The summed E-state index contributed by atoms with van der Waals surface area (Å²) in [4.78, 5) is 27.0. The van der Waals surface area contributed by atoms with Crippen LogP contribution in [0.1, 0.15) is 28.8 Å². The maximum absolute atomic E-state index is 12.6. The topological polar surface area (TPSA) is 81.1 Å².